The maximum atomic E-state index is 12.0. The van der Waals surface area contributed by atoms with E-state index in [2.05, 4.69) is 5.32 Å². The van der Waals surface area contributed by atoms with Gasteiger partial charge in [-0.3, -0.25) is 4.79 Å². The van der Waals surface area contributed by atoms with E-state index >= 15 is 0 Å². The van der Waals surface area contributed by atoms with Gasteiger partial charge >= 0.3 is 5.97 Å². The van der Waals surface area contributed by atoms with Gasteiger partial charge in [-0.1, -0.05) is 46.9 Å². The van der Waals surface area contributed by atoms with E-state index in [1.165, 1.54) is 19.1 Å². The number of hydrogen-bond acceptors (Lipinski definition) is 3. The van der Waals surface area contributed by atoms with Crippen molar-refractivity contribution in [1.29, 1.82) is 0 Å². The molecule has 0 fully saturated rings. The minimum Gasteiger partial charge on any atom is -0.449 e. The molecule has 0 saturated heterocycles. The van der Waals surface area contributed by atoms with Crippen LogP contribution in [0.1, 0.15) is 12.5 Å². The molecule has 4 nitrogen and oxygen atoms in total. The van der Waals surface area contributed by atoms with Gasteiger partial charge < -0.3 is 10.1 Å². The topological polar surface area (TPSA) is 55.4 Å². The van der Waals surface area contributed by atoms with Crippen molar-refractivity contribution in [2.45, 2.75) is 13.0 Å². The van der Waals surface area contributed by atoms with Crippen LogP contribution in [0.4, 0.5) is 5.69 Å². The van der Waals surface area contributed by atoms with Gasteiger partial charge in [-0.2, -0.15) is 0 Å². The minimum absolute atomic E-state index is 0.406. The zero-order chi connectivity index (χ0) is 18.4. The maximum absolute atomic E-state index is 12.0. The summed E-state index contributed by atoms with van der Waals surface area (Å²) in [5, 5.41) is 4.01. The summed E-state index contributed by atoms with van der Waals surface area (Å²) in [5.41, 5.74) is 1.13. The third-order valence-corrected chi connectivity index (χ3v) is 3.91. The average Bonchev–Trinajstić information content (AvgIpc) is 2.54. The third-order valence-electron chi connectivity index (χ3n) is 3.12. The van der Waals surface area contributed by atoms with Crippen LogP contribution in [0.3, 0.4) is 0 Å². The first-order valence-corrected chi connectivity index (χ1v) is 8.39. The lowest BCUT2D eigenvalue weighted by Gasteiger charge is -2.12. The van der Waals surface area contributed by atoms with Crippen LogP contribution in [0.5, 0.6) is 0 Å². The molecule has 130 valence electrons. The van der Waals surface area contributed by atoms with Crippen molar-refractivity contribution in [3.63, 3.8) is 0 Å². The van der Waals surface area contributed by atoms with Crippen LogP contribution < -0.4 is 5.32 Å². The highest BCUT2D eigenvalue weighted by Crippen LogP contribution is 2.22. The van der Waals surface area contributed by atoms with Crippen molar-refractivity contribution in [2.75, 3.05) is 5.32 Å². The first-order valence-electron chi connectivity index (χ1n) is 7.25. The summed E-state index contributed by atoms with van der Waals surface area (Å²) in [6, 6.07) is 11.6. The number of rotatable bonds is 5. The average molecular weight is 399 g/mol. The van der Waals surface area contributed by atoms with E-state index in [4.69, 9.17) is 39.5 Å². The number of carbonyl (C=O) groups is 2. The Hall–Kier alpha value is -2.01. The van der Waals surface area contributed by atoms with Crippen molar-refractivity contribution in [2.24, 2.45) is 0 Å². The van der Waals surface area contributed by atoms with Gasteiger partial charge in [-0.15, -0.1) is 0 Å². The molecule has 0 heterocycles. The molecule has 0 aliphatic heterocycles. The van der Waals surface area contributed by atoms with Crippen LogP contribution >= 0.6 is 34.8 Å². The second-order valence-corrected chi connectivity index (χ2v) is 6.36. The standard InChI is InChI=1S/C18H14Cl3NO3/c1-11(18(24)22-15-4-2-3-13(19)9-15)25-17(23)8-6-12-5-7-14(20)10-16(12)21/h2-11H,1H3,(H,22,24)/b8-6+/t11-/m0/s1. The van der Waals surface area contributed by atoms with Gasteiger partial charge in [0.15, 0.2) is 6.10 Å². The van der Waals surface area contributed by atoms with E-state index in [9.17, 15) is 9.59 Å². The fourth-order valence-electron chi connectivity index (χ4n) is 1.87. The number of anilines is 1. The number of hydrogen-bond donors (Lipinski definition) is 1. The fourth-order valence-corrected chi connectivity index (χ4v) is 2.53. The fraction of sp³-hybridized carbons (Fsp3) is 0.111. The number of halogens is 3. The number of nitrogens with one attached hydrogen (secondary N) is 1. The largest absolute Gasteiger partial charge is 0.449 e. The Morgan fingerprint density at radius 3 is 2.48 bits per heavy atom. The van der Waals surface area contributed by atoms with Gasteiger partial charge in [0.2, 0.25) is 0 Å². The van der Waals surface area contributed by atoms with E-state index < -0.39 is 18.0 Å². The number of amides is 1. The van der Waals surface area contributed by atoms with Crippen molar-refractivity contribution in [3.8, 4) is 0 Å². The lowest BCUT2D eigenvalue weighted by molar-refractivity contribution is -0.148. The molecule has 0 spiro atoms. The van der Waals surface area contributed by atoms with Gasteiger partial charge in [0.1, 0.15) is 0 Å². The Kier molecular flexibility index (Phi) is 6.88. The molecule has 25 heavy (non-hydrogen) atoms. The highest BCUT2D eigenvalue weighted by Gasteiger charge is 2.16. The lowest BCUT2D eigenvalue weighted by atomic mass is 10.2. The van der Waals surface area contributed by atoms with Crippen molar-refractivity contribution in [1.82, 2.24) is 0 Å². The molecule has 0 unspecified atom stereocenters. The molecule has 0 radical (unpaired) electrons. The van der Waals surface area contributed by atoms with Gasteiger partial charge in [-0.05, 0) is 48.9 Å². The summed E-state index contributed by atoms with van der Waals surface area (Å²) in [7, 11) is 0. The molecule has 2 rings (SSSR count). The predicted octanol–water partition coefficient (Wildman–Crippen LogP) is 5.23. The van der Waals surface area contributed by atoms with Gasteiger partial charge in [0.05, 0.1) is 0 Å². The molecule has 1 amide bonds. The monoisotopic (exact) mass is 397 g/mol. The van der Waals surface area contributed by atoms with Crippen molar-refractivity contribution in [3.05, 3.63) is 69.2 Å². The third kappa shape index (κ3) is 6.09. The molecule has 2 aromatic carbocycles. The molecule has 0 saturated carbocycles. The molecular weight excluding hydrogens is 385 g/mol. The zero-order valence-corrected chi connectivity index (χ0v) is 15.4. The van der Waals surface area contributed by atoms with Crippen molar-refractivity contribution < 1.29 is 14.3 Å². The lowest BCUT2D eigenvalue weighted by Crippen LogP contribution is -2.29. The molecule has 1 atom stereocenters. The Bertz CT molecular complexity index is 821. The predicted molar refractivity (Wildman–Crippen MR) is 101 cm³/mol. The summed E-state index contributed by atoms with van der Waals surface area (Å²) >= 11 is 17.7. The van der Waals surface area contributed by atoms with E-state index in [0.717, 1.165) is 0 Å². The first-order chi connectivity index (χ1) is 11.8. The molecular formula is C18H14Cl3NO3. The summed E-state index contributed by atoms with van der Waals surface area (Å²) in [5.74, 6) is -1.13. The Morgan fingerprint density at radius 1 is 1.08 bits per heavy atom. The molecule has 1 N–H and O–H groups in total. The maximum Gasteiger partial charge on any atom is 0.331 e. The first kappa shape index (κ1) is 19.3. The van der Waals surface area contributed by atoms with Crippen LogP contribution in [-0.2, 0) is 14.3 Å². The van der Waals surface area contributed by atoms with Gasteiger partial charge in [-0.25, -0.2) is 4.79 Å². The number of ether oxygens (including phenoxy) is 1. The summed E-state index contributed by atoms with van der Waals surface area (Å²) in [6.45, 7) is 1.47. The normalized spacial score (nSPS) is 12.0. The van der Waals surface area contributed by atoms with E-state index in [1.807, 2.05) is 0 Å². The van der Waals surface area contributed by atoms with Crippen LogP contribution in [-0.4, -0.2) is 18.0 Å². The van der Waals surface area contributed by atoms with Gasteiger partial charge in [0.25, 0.3) is 5.91 Å². The number of carbonyl (C=O) groups excluding carboxylic acids is 2. The smallest absolute Gasteiger partial charge is 0.331 e. The molecule has 0 aliphatic rings. The summed E-state index contributed by atoms with van der Waals surface area (Å²) < 4.78 is 5.06. The Balaban J connectivity index is 1.92. The second kappa shape index (κ2) is 8.90. The van der Waals surface area contributed by atoms with E-state index in [1.54, 1.807) is 42.5 Å². The van der Waals surface area contributed by atoms with E-state index in [-0.39, 0.29) is 0 Å². The van der Waals surface area contributed by atoms with Crippen LogP contribution in [0.25, 0.3) is 6.08 Å². The molecule has 0 bridgehead atoms. The molecule has 0 aliphatic carbocycles. The summed E-state index contributed by atoms with van der Waals surface area (Å²) in [4.78, 5) is 23.9. The van der Waals surface area contributed by atoms with Crippen LogP contribution in [0.15, 0.2) is 48.5 Å². The molecule has 2 aromatic rings. The second-order valence-electron chi connectivity index (χ2n) is 5.08. The Morgan fingerprint density at radius 2 is 1.80 bits per heavy atom. The minimum atomic E-state index is -0.975. The van der Waals surface area contributed by atoms with Crippen LogP contribution in [0, 0.1) is 0 Å². The summed E-state index contributed by atoms with van der Waals surface area (Å²) in [6.07, 6.45) is 1.71. The van der Waals surface area contributed by atoms with E-state index in [0.29, 0.717) is 26.3 Å². The van der Waals surface area contributed by atoms with Crippen LogP contribution in [0.2, 0.25) is 15.1 Å². The highest BCUT2D eigenvalue weighted by molar-refractivity contribution is 6.35. The number of benzene rings is 2. The Labute approximate surface area is 160 Å². The van der Waals surface area contributed by atoms with Gasteiger partial charge in [0, 0.05) is 26.8 Å². The zero-order valence-electron chi connectivity index (χ0n) is 13.1. The quantitative estimate of drug-likeness (QED) is 0.554. The van der Waals surface area contributed by atoms with Crippen molar-refractivity contribution >= 4 is 58.4 Å². The highest BCUT2D eigenvalue weighted by atomic mass is 35.5. The SMILES string of the molecule is C[C@H](OC(=O)/C=C/c1ccc(Cl)cc1Cl)C(=O)Nc1cccc(Cl)c1. The molecule has 7 heteroatoms. The number of esters is 1. The molecule has 0 aromatic heterocycles.